The molecule has 1 heterocycles. The number of aryl methyl sites for hydroxylation is 1. The first kappa shape index (κ1) is 11.5. The summed E-state index contributed by atoms with van der Waals surface area (Å²) in [5, 5.41) is 0. The zero-order valence-electron chi connectivity index (χ0n) is 9.67. The lowest BCUT2D eigenvalue weighted by molar-refractivity contribution is 0.0980. The lowest BCUT2D eigenvalue weighted by atomic mass is 10.0. The van der Waals surface area contributed by atoms with Gasteiger partial charge in [-0.2, -0.15) is 0 Å². The maximum atomic E-state index is 11.8. The third-order valence-corrected chi connectivity index (χ3v) is 2.69. The Morgan fingerprint density at radius 2 is 1.88 bits per heavy atom. The molecular formula is C15H15NO. The van der Waals surface area contributed by atoms with E-state index in [1.807, 2.05) is 48.7 Å². The molecule has 86 valence electrons. The van der Waals surface area contributed by atoms with Crippen LogP contribution in [0.25, 0.3) is 0 Å². The van der Waals surface area contributed by atoms with Crippen molar-refractivity contribution in [2.24, 2.45) is 0 Å². The molecule has 0 spiro atoms. The fourth-order valence-corrected chi connectivity index (χ4v) is 1.77. The Kier molecular flexibility index (Phi) is 4.03. The first-order valence-electron chi connectivity index (χ1n) is 5.83. The second kappa shape index (κ2) is 5.94. The van der Waals surface area contributed by atoms with Crippen LogP contribution in [0.15, 0.2) is 54.9 Å². The smallest absolute Gasteiger partial charge is 0.162 e. The SMILES string of the molecule is O=C(CCCc1cccnc1)c1ccccc1. The number of carbonyl (C=O) groups excluding carboxylic acids is 1. The Morgan fingerprint density at radius 1 is 1.06 bits per heavy atom. The molecule has 0 aliphatic rings. The standard InChI is InChI=1S/C15H15NO/c17-15(14-8-2-1-3-9-14)10-4-6-13-7-5-11-16-12-13/h1-3,5,7-9,11-12H,4,6,10H2. The van der Waals surface area contributed by atoms with Gasteiger partial charge in [-0.1, -0.05) is 36.4 Å². The van der Waals surface area contributed by atoms with Crippen molar-refractivity contribution >= 4 is 5.78 Å². The molecule has 17 heavy (non-hydrogen) atoms. The minimum atomic E-state index is 0.217. The summed E-state index contributed by atoms with van der Waals surface area (Å²) in [7, 11) is 0. The van der Waals surface area contributed by atoms with Gasteiger partial charge in [0.15, 0.2) is 5.78 Å². The van der Waals surface area contributed by atoms with Gasteiger partial charge in [0, 0.05) is 24.4 Å². The molecule has 0 aliphatic heterocycles. The second-order valence-electron chi connectivity index (χ2n) is 4.00. The highest BCUT2D eigenvalue weighted by molar-refractivity contribution is 5.95. The molecule has 0 unspecified atom stereocenters. The van der Waals surface area contributed by atoms with Crippen LogP contribution in [0.4, 0.5) is 0 Å². The van der Waals surface area contributed by atoms with Crippen molar-refractivity contribution in [2.45, 2.75) is 19.3 Å². The number of nitrogens with zero attached hydrogens (tertiary/aromatic N) is 1. The van der Waals surface area contributed by atoms with Crippen molar-refractivity contribution in [3.05, 3.63) is 66.0 Å². The summed E-state index contributed by atoms with van der Waals surface area (Å²) in [6.07, 6.45) is 6.00. The predicted molar refractivity (Wildman–Crippen MR) is 67.9 cm³/mol. The Balaban J connectivity index is 1.82. The van der Waals surface area contributed by atoms with E-state index in [1.54, 1.807) is 6.20 Å². The molecular weight excluding hydrogens is 210 g/mol. The molecule has 2 rings (SSSR count). The molecule has 0 radical (unpaired) electrons. The summed E-state index contributed by atoms with van der Waals surface area (Å²) < 4.78 is 0. The zero-order valence-corrected chi connectivity index (χ0v) is 9.67. The van der Waals surface area contributed by atoms with Gasteiger partial charge in [-0.15, -0.1) is 0 Å². The van der Waals surface area contributed by atoms with Gasteiger partial charge >= 0.3 is 0 Å². The predicted octanol–water partition coefficient (Wildman–Crippen LogP) is 3.29. The molecule has 0 atom stereocenters. The van der Waals surface area contributed by atoms with E-state index in [2.05, 4.69) is 4.98 Å². The normalized spacial score (nSPS) is 10.1. The van der Waals surface area contributed by atoms with Gasteiger partial charge in [0.25, 0.3) is 0 Å². The second-order valence-corrected chi connectivity index (χ2v) is 4.00. The molecule has 0 bridgehead atoms. The van der Waals surface area contributed by atoms with E-state index in [0.29, 0.717) is 6.42 Å². The molecule has 0 amide bonds. The van der Waals surface area contributed by atoms with E-state index >= 15 is 0 Å². The molecule has 2 nitrogen and oxygen atoms in total. The molecule has 0 N–H and O–H groups in total. The monoisotopic (exact) mass is 225 g/mol. The van der Waals surface area contributed by atoms with Crippen molar-refractivity contribution in [1.29, 1.82) is 0 Å². The van der Waals surface area contributed by atoms with Crippen LogP contribution in [0.3, 0.4) is 0 Å². The van der Waals surface area contributed by atoms with E-state index in [4.69, 9.17) is 0 Å². The Labute approximate surface area is 101 Å². The number of benzene rings is 1. The first-order valence-corrected chi connectivity index (χ1v) is 5.83. The Bertz CT molecular complexity index is 465. The largest absolute Gasteiger partial charge is 0.294 e. The topological polar surface area (TPSA) is 30.0 Å². The van der Waals surface area contributed by atoms with E-state index < -0.39 is 0 Å². The maximum Gasteiger partial charge on any atom is 0.162 e. The fourth-order valence-electron chi connectivity index (χ4n) is 1.77. The number of aromatic nitrogens is 1. The molecule has 1 aromatic carbocycles. The van der Waals surface area contributed by atoms with Crippen LogP contribution < -0.4 is 0 Å². The highest BCUT2D eigenvalue weighted by atomic mass is 16.1. The lowest BCUT2D eigenvalue weighted by Gasteiger charge is -2.01. The zero-order chi connectivity index (χ0) is 11.9. The highest BCUT2D eigenvalue weighted by Crippen LogP contribution is 2.08. The van der Waals surface area contributed by atoms with E-state index in [0.717, 1.165) is 18.4 Å². The molecule has 2 heteroatoms. The summed E-state index contributed by atoms with van der Waals surface area (Å²) in [6, 6.07) is 13.4. The molecule has 1 aromatic heterocycles. The third kappa shape index (κ3) is 3.52. The van der Waals surface area contributed by atoms with Crippen LogP contribution in [-0.2, 0) is 6.42 Å². The number of hydrogen-bond acceptors (Lipinski definition) is 2. The first-order chi connectivity index (χ1) is 8.36. The van der Waals surface area contributed by atoms with Crippen LogP contribution >= 0.6 is 0 Å². The number of ketones is 1. The summed E-state index contributed by atoms with van der Waals surface area (Å²) in [5.74, 6) is 0.217. The average molecular weight is 225 g/mol. The molecule has 0 saturated heterocycles. The van der Waals surface area contributed by atoms with Crippen LogP contribution in [0.2, 0.25) is 0 Å². The molecule has 0 aliphatic carbocycles. The maximum absolute atomic E-state index is 11.8. The van der Waals surface area contributed by atoms with Gasteiger partial charge in [0.2, 0.25) is 0 Å². The van der Waals surface area contributed by atoms with Gasteiger partial charge in [0.05, 0.1) is 0 Å². The minimum Gasteiger partial charge on any atom is -0.294 e. The number of hydrogen-bond donors (Lipinski definition) is 0. The van der Waals surface area contributed by atoms with E-state index in [-0.39, 0.29) is 5.78 Å². The average Bonchev–Trinajstić information content (AvgIpc) is 2.41. The van der Waals surface area contributed by atoms with Crippen LogP contribution in [0.1, 0.15) is 28.8 Å². The molecule has 2 aromatic rings. The minimum absolute atomic E-state index is 0.217. The summed E-state index contributed by atoms with van der Waals surface area (Å²) in [5.41, 5.74) is 1.99. The fraction of sp³-hybridized carbons (Fsp3) is 0.200. The number of Topliss-reactive ketones (excluding diaryl/α,β-unsaturated/α-hetero) is 1. The molecule has 0 fully saturated rings. The van der Waals surface area contributed by atoms with Crippen LogP contribution in [0.5, 0.6) is 0 Å². The third-order valence-electron chi connectivity index (χ3n) is 2.69. The molecule has 0 saturated carbocycles. The van der Waals surface area contributed by atoms with Crippen molar-refractivity contribution < 1.29 is 4.79 Å². The van der Waals surface area contributed by atoms with E-state index in [1.165, 1.54) is 5.56 Å². The van der Waals surface area contributed by atoms with Crippen molar-refractivity contribution in [3.8, 4) is 0 Å². The van der Waals surface area contributed by atoms with Gasteiger partial charge in [0.1, 0.15) is 0 Å². The van der Waals surface area contributed by atoms with Gasteiger partial charge in [-0.05, 0) is 24.5 Å². The van der Waals surface area contributed by atoms with Crippen molar-refractivity contribution in [2.75, 3.05) is 0 Å². The van der Waals surface area contributed by atoms with Crippen molar-refractivity contribution in [1.82, 2.24) is 4.98 Å². The van der Waals surface area contributed by atoms with Crippen LogP contribution in [0, 0.1) is 0 Å². The Morgan fingerprint density at radius 3 is 2.59 bits per heavy atom. The van der Waals surface area contributed by atoms with Gasteiger partial charge in [-0.25, -0.2) is 0 Å². The van der Waals surface area contributed by atoms with Gasteiger partial charge < -0.3 is 0 Å². The lowest BCUT2D eigenvalue weighted by Crippen LogP contribution is -1.99. The van der Waals surface area contributed by atoms with E-state index in [9.17, 15) is 4.79 Å². The van der Waals surface area contributed by atoms with Crippen molar-refractivity contribution in [3.63, 3.8) is 0 Å². The number of pyridine rings is 1. The van der Waals surface area contributed by atoms with Crippen LogP contribution in [-0.4, -0.2) is 10.8 Å². The highest BCUT2D eigenvalue weighted by Gasteiger charge is 2.04. The number of rotatable bonds is 5. The number of carbonyl (C=O) groups is 1. The van der Waals surface area contributed by atoms with Gasteiger partial charge in [-0.3, -0.25) is 9.78 Å². The quantitative estimate of drug-likeness (QED) is 0.731. The summed E-state index contributed by atoms with van der Waals surface area (Å²) >= 11 is 0. The Hall–Kier alpha value is -1.96. The summed E-state index contributed by atoms with van der Waals surface area (Å²) in [6.45, 7) is 0. The summed E-state index contributed by atoms with van der Waals surface area (Å²) in [4.78, 5) is 15.9.